The Balaban J connectivity index is 1.82. The third-order valence-corrected chi connectivity index (χ3v) is 2.88. The molecule has 1 unspecified atom stereocenters. The first-order valence-corrected chi connectivity index (χ1v) is 6.46. The predicted octanol–water partition coefficient (Wildman–Crippen LogP) is 1.50. The SMILES string of the molecule is CCOC(=O)CNC(C)Cc1ccc2c(c1)OCO2. The Morgan fingerprint density at radius 1 is 1.42 bits per heavy atom. The highest BCUT2D eigenvalue weighted by molar-refractivity contribution is 5.71. The fourth-order valence-electron chi connectivity index (χ4n) is 1.96. The van der Waals surface area contributed by atoms with E-state index in [1.165, 1.54) is 0 Å². The van der Waals surface area contributed by atoms with E-state index >= 15 is 0 Å². The summed E-state index contributed by atoms with van der Waals surface area (Å²) in [4.78, 5) is 11.2. The van der Waals surface area contributed by atoms with Crippen LogP contribution in [0, 0.1) is 0 Å². The topological polar surface area (TPSA) is 56.8 Å². The maximum absolute atomic E-state index is 11.2. The van der Waals surface area contributed by atoms with Crippen LogP contribution in [0.3, 0.4) is 0 Å². The number of fused-ring (bicyclic) bond motifs is 1. The summed E-state index contributed by atoms with van der Waals surface area (Å²) < 4.78 is 15.5. The molecule has 0 fully saturated rings. The molecule has 2 rings (SSSR count). The van der Waals surface area contributed by atoms with Gasteiger partial charge in [-0.25, -0.2) is 0 Å². The van der Waals surface area contributed by atoms with Gasteiger partial charge in [-0.05, 0) is 38.0 Å². The zero-order valence-electron chi connectivity index (χ0n) is 11.3. The van der Waals surface area contributed by atoms with Crippen LogP contribution in [0.2, 0.25) is 0 Å². The lowest BCUT2D eigenvalue weighted by atomic mass is 10.1. The number of carbonyl (C=O) groups is 1. The first-order valence-electron chi connectivity index (χ1n) is 6.46. The van der Waals surface area contributed by atoms with Crippen LogP contribution < -0.4 is 14.8 Å². The molecule has 19 heavy (non-hydrogen) atoms. The van der Waals surface area contributed by atoms with Crippen LogP contribution in [0.25, 0.3) is 0 Å². The summed E-state index contributed by atoms with van der Waals surface area (Å²) in [6.07, 6.45) is 0.816. The first-order chi connectivity index (χ1) is 9.19. The second-order valence-corrected chi connectivity index (χ2v) is 4.48. The lowest BCUT2D eigenvalue weighted by Gasteiger charge is -2.13. The second kappa shape index (κ2) is 6.43. The second-order valence-electron chi connectivity index (χ2n) is 4.48. The van der Waals surface area contributed by atoms with Crippen molar-refractivity contribution in [1.82, 2.24) is 5.32 Å². The van der Waals surface area contributed by atoms with Gasteiger partial charge in [-0.2, -0.15) is 0 Å². The Labute approximate surface area is 112 Å². The van der Waals surface area contributed by atoms with Crippen LogP contribution in [-0.2, 0) is 16.0 Å². The molecule has 0 aliphatic carbocycles. The molecular weight excluding hydrogens is 246 g/mol. The lowest BCUT2D eigenvalue weighted by molar-refractivity contribution is -0.142. The van der Waals surface area contributed by atoms with Crippen LogP contribution in [0.1, 0.15) is 19.4 Å². The molecule has 1 heterocycles. The molecule has 0 saturated heterocycles. The molecule has 1 aromatic rings. The van der Waals surface area contributed by atoms with Gasteiger partial charge in [-0.15, -0.1) is 0 Å². The third kappa shape index (κ3) is 3.86. The molecule has 0 spiro atoms. The molecule has 1 aliphatic heterocycles. The van der Waals surface area contributed by atoms with Gasteiger partial charge in [-0.3, -0.25) is 4.79 Å². The van der Waals surface area contributed by atoms with E-state index in [-0.39, 0.29) is 25.3 Å². The predicted molar refractivity (Wildman–Crippen MR) is 70.4 cm³/mol. The number of rotatable bonds is 6. The minimum atomic E-state index is -0.222. The number of benzene rings is 1. The zero-order valence-corrected chi connectivity index (χ0v) is 11.3. The summed E-state index contributed by atoms with van der Waals surface area (Å²) in [5, 5.41) is 3.14. The molecule has 1 aromatic carbocycles. The molecule has 5 heteroatoms. The average molecular weight is 265 g/mol. The summed E-state index contributed by atoms with van der Waals surface area (Å²) in [7, 11) is 0. The molecule has 0 radical (unpaired) electrons. The van der Waals surface area contributed by atoms with Crippen molar-refractivity contribution in [2.45, 2.75) is 26.3 Å². The van der Waals surface area contributed by atoms with Crippen LogP contribution in [-0.4, -0.2) is 32.0 Å². The minimum Gasteiger partial charge on any atom is -0.465 e. The van der Waals surface area contributed by atoms with Gasteiger partial charge in [0.25, 0.3) is 0 Å². The Bertz CT molecular complexity index is 447. The van der Waals surface area contributed by atoms with Crippen molar-refractivity contribution >= 4 is 5.97 Å². The highest BCUT2D eigenvalue weighted by Crippen LogP contribution is 2.32. The minimum absolute atomic E-state index is 0.185. The number of nitrogens with one attached hydrogen (secondary N) is 1. The first kappa shape index (κ1) is 13.7. The fourth-order valence-corrected chi connectivity index (χ4v) is 1.96. The van der Waals surface area contributed by atoms with Crippen molar-refractivity contribution in [2.24, 2.45) is 0 Å². The summed E-state index contributed by atoms with van der Waals surface area (Å²) in [5.41, 5.74) is 1.15. The van der Waals surface area contributed by atoms with Crippen molar-refractivity contribution in [3.8, 4) is 11.5 Å². The Morgan fingerprint density at radius 3 is 3.00 bits per heavy atom. The molecule has 0 bridgehead atoms. The molecule has 1 aliphatic rings. The van der Waals surface area contributed by atoms with Gasteiger partial charge < -0.3 is 19.5 Å². The average Bonchev–Trinajstić information content (AvgIpc) is 2.84. The van der Waals surface area contributed by atoms with Crippen molar-refractivity contribution in [3.05, 3.63) is 23.8 Å². The number of ether oxygens (including phenoxy) is 3. The number of hydrogen-bond donors (Lipinski definition) is 1. The van der Waals surface area contributed by atoms with Gasteiger partial charge in [0.1, 0.15) is 0 Å². The smallest absolute Gasteiger partial charge is 0.319 e. The monoisotopic (exact) mass is 265 g/mol. The van der Waals surface area contributed by atoms with Crippen molar-refractivity contribution < 1.29 is 19.0 Å². The number of hydrogen-bond acceptors (Lipinski definition) is 5. The van der Waals surface area contributed by atoms with E-state index in [0.29, 0.717) is 6.61 Å². The zero-order chi connectivity index (χ0) is 13.7. The molecule has 0 amide bonds. The van der Waals surface area contributed by atoms with E-state index < -0.39 is 0 Å². The highest BCUT2D eigenvalue weighted by atomic mass is 16.7. The molecular formula is C14H19NO4. The Hall–Kier alpha value is -1.75. The van der Waals surface area contributed by atoms with Gasteiger partial charge in [0.05, 0.1) is 13.2 Å². The molecule has 5 nitrogen and oxygen atoms in total. The van der Waals surface area contributed by atoms with Crippen LogP contribution >= 0.6 is 0 Å². The van der Waals surface area contributed by atoms with Crippen molar-refractivity contribution in [2.75, 3.05) is 19.9 Å². The van der Waals surface area contributed by atoms with E-state index in [1.54, 1.807) is 6.92 Å². The van der Waals surface area contributed by atoms with E-state index in [2.05, 4.69) is 5.32 Å². The fraction of sp³-hybridized carbons (Fsp3) is 0.500. The van der Waals surface area contributed by atoms with E-state index in [1.807, 2.05) is 25.1 Å². The number of carbonyl (C=O) groups excluding carboxylic acids is 1. The summed E-state index contributed by atoms with van der Waals surface area (Å²) in [6.45, 7) is 4.77. The Kier molecular flexibility index (Phi) is 4.63. The van der Waals surface area contributed by atoms with Crippen LogP contribution in [0.4, 0.5) is 0 Å². The van der Waals surface area contributed by atoms with Gasteiger partial charge in [0, 0.05) is 6.04 Å². The molecule has 1 atom stereocenters. The van der Waals surface area contributed by atoms with Crippen LogP contribution in [0.5, 0.6) is 11.5 Å². The summed E-state index contributed by atoms with van der Waals surface area (Å²) >= 11 is 0. The van der Waals surface area contributed by atoms with Crippen molar-refractivity contribution in [1.29, 1.82) is 0 Å². The highest BCUT2D eigenvalue weighted by Gasteiger charge is 2.14. The largest absolute Gasteiger partial charge is 0.465 e. The van der Waals surface area contributed by atoms with Gasteiger partial charge >= 0.3 is 5.97 Å². The normalized spacial score (nSPS) is 14.2. The standard InChI is InChI=1S/C14H19NO4/c1-3-17-14(16)8-15-10(2)6-11-4-5-12-13(7-11)19-9-18-12/h4-5,7,10,15H,3,6,8-9H2,1-2H3. The Morgan fingerprint density at radius 2 is 2.21 bits per heavy atom. The lowest BCUT2D eigenvalue weighted by Crippen LogP contribution is -2.33. The maximum atomic E-state index is 11.2. The summed E-state index contributed by atoms with van der Waals surface area (Å²) in [5.74, 6) is 1.35. The van der Waals surface area contributed by atoms with E-state index in [4.69, 9.17) is 14.2 Å². The summed E-state index contributed by atoms with van der Waals surface area (Å²) in [6, 6.07) is 6.08. The van der Waals surface area contributed by atoms with Crippen molar-refractivity contribution in [3.63, 3.8) is 0 Å². The molecule has 104 valence electrons. The van der Waals surface area contributed by atoms with Gasteiger partial charge in [0.15, 0.2) is 11.5 Å². The number of esters is 1. The van der Waals surface area contributed by atoms with E-state index in [0.717, 1.165) is 23.5 Å². The van der Waals surface area contributed by atoms with Gasteiger partial charge in [-0.1, -0.05) is 6.07 Å². The molecule has 0 saturated carbocycles. The van der Waals surface area contributed by atoms with E-state index in [9.17, 15) is 4.79 Å². The van der Waals surface area contributed by atoms with Crippen LogP contribution in [0.15, 0.2) is 18.2 Å². The quantitative estimate of drug-likeness (QED) is 0.790. The van der Waals surface area contributed by atoms with Gasteiger partial charge in [0.2, 0.25) is 6.79 Å². The third-order valence-electron chi connectivity index (χ3n) is 2.88. The molecule has 1 N–H and O–H groups in total. The molecule has 0 aromatic heterocycles. The maximum Gasteiger partial charge on any atom is 0.319 e.